The second-order valence-electron chi connectivity index (χ2n) is 4.02. The standard InChI is InChI=1S/C14H12ClN3O2/c1-20-13-4-9(2-3-12(13)19)7-17-11-5-14(15)18-8-10(11)6-16/h2-5,8,19H,7H2,1H3,(H,17,18). The number of rotatable bonds is 4. The largest absolute Gasteiger partial charge is 0.504 e. The Morgan fingerprint density at radius 1 is 1.45 bits per heavy atom. The van der Waals surface area contributed by atoms with Crippen LogP contribution in [0.1, 0.15) is 11.1 Å². The number of hydrogen-bond acceptors (Lipinski definition) is 5. The second-order valence-corrected chi connectivity index (χ2v) is 4.41. The first-order valence-electron chi connectivity index (χ1n) is 5.79. The van der Waals surface area contributed by atoms with E-state index >= 15 is 0 Å². The molecule has 20 heavy (non-hydrogen) atoms. The molecule has 0 atom stereocenters. The number of anilines is 1. The van der Waals surface area contributed by atoms with Crippen molar-refractivity contribution in [2.45, 2.75) is 6.54 Å². The van der Waals surface area contributed by atoms with E-state index in [1.807, 2.05) is 6.07 Å². The number of hydrogen-bond donors (Lipinski definition) is 2. The highest BCUT2D eigenvalue weighted by molar-refractivity contribution is 6.29. The number of methoxy groups -OCH3 is 1. The van der Waals surface area contributed by atoms with Crippen LogP contribution in [0, 0.1) is 11.3 Å². The molecule has 5 nitrogen and oxygen atoms in total. The third kappa shape index (κ3) is 3.11. The number of nitrogens with zero attached hydrogens (tertiary/aromatic N) is 2. The number of ether oxygens (including phenoxy) is 1. The molecule has 0 aliphatic heterocycles. The van der Waals surface area contributed by atoms with Crippen molar-refractivity contribution in [1.82, 2.24) is 4.98 Å². The molecule has 0 spiro atoms. The summed E-state index contributed by atoms with van der Waals surface area (Å²) >= 11 is 5.81. The van der Waals surface area contributed by atoms with Crippen molar-refractivity contribution < 1.29 is 9.84 Å². The van der Waals surface area contributed by atoms with E-state index in [4.69, 9.17) is 21.6 Å². The van der Waals surface area contributed by atoms with E-state index < -0.39 is 0 Å². The number of halogens is 1. The lowest BCUT2D eigenvalue weighted by Gasteiger charge is -2.10. The first-order valence-corrected chi connectivity index (χ1v) is 6.17. The van der Waals surface area contributed by atoms with Crippen molar-refractivity contribution in [3.05, 3.63) is 46.7 Å². The molecular formula is C14H12ClN3O2. The van der Waals surface area contributed by atoms with Crippen LogP contribution in [0.25, 0.3) is 0 Å². The number of phenols is 1. The maximum absolute atomic E-state index is 9.52. The molecule has 0 unspecified atom stereocenters. The number of benzene rings is 1. The minimum Gasteiger partial charge on any atom is -0.504 e. The highest BCUT2D eigenvalue weighted by atomic mass is 35.5. The minimum absolute atomic E-state index is 0.0842. The number of phenolic OH excluding ortho intramolecular Hbond substituents is 1. The molecule has 0 fully saturated rings. The van der Waals surface area contributed by atoms with Gasteiger partial charge in [0.05, 0.1) is 18.4 Å². The summed E-state index contributed by atoms with van der Waals surface area (Å²) in [4.78, 5) is 3.85. The molecule has 6 heteroatoms. The Balaban J connectivity index is 2.17. The van der Waals surface area contributed by atoms with Gasteiger partial charge in [-0.15, -0.1) is 0 Å². The fourth-order valence-electron chi connectivity index (χ4n) is 1.69. The molecule has 2 N–H and O–H groups in total. The quantitative estimate of drug-likeness (QED) is 0.846. The Morgan fingerprint density at radius 2 is 2.25 bits per heavy atom. The van der Waals surface area contributed by atoms with Gasteiger partial charge in [-0.1, -0.05) is 17.7 Å². The zero-order chi connectivity index (χ0) is 14.5. The first kappa shape index (κ1) is 14.0. The third-order valence-electron chi connectivity index (χ3n) is 2.72. The van der Waals surface area contributed by atoms with E-state index in [9.17, 15) is 5.11 Å². The zero-order valence-electron chi connectivity index (χ0n) is 10.7. The Hall–Kier alpha value is -2.45. The summed E-state index contributed by atoms with van der Waals surface area (Å²) in [7, 11) is 1.49. The monoisotopic (exact) mass is 289 g/mol. The lowest BCUT2D eigenvalue weighted by Crippen LogP contribution is -2.02. The first-order chi connectivity index (χ1) is 9.63. The summed E-state index contributed by atoms with van der Waals surface area (Å²) in [6, 6.07) is 8.68. The van der Waals surface area contributed by atoms with Crippen LogP contribution in [0.2, 0.25) is 5.15 Å². The maximum Gasteiger partial charge on any atom is 0.160 e. The molecule has 1 heterocycles. The van der Waals surface area contributed by atoms with Gasteiger partial charge in [-0.05, 0) is 23.8 Å². The van der Waals surface area contributed by atoms with Crippen molar-refractivity contribution in [3.63, 3.8) is 0 Å². The van der Waals surface area contributed by atoms with Crippen molar-refractivity contribution in [2.24, 2.45) is 0 Å². The van der Waals surface area contributed by atoms with Crippen molar-refractivity contribution in [2.75, 3.05) is 12.4 Å². The van der Waals surface area contributed by atoms with E-state index in [-0.39, 0.29) is 5.75 Å². The predicted molar refractivity (Wildman–Crippen MR) is 75.9 cm³/mol. The van der Waals surface area contributed by atoms with Gasteiger partial charge in [-0.25, -0.2) is 4.98 Å². The van der Waals surface area contributed by atoms with Crippen LogP contribution in [-0.2, 0) is 6.54 Å². The fourth-order valence-corrected chi connectivity index (χ4v) is 1.85. The van der Waals surface area contributed by atoms with E-state index in [1.165, 1.54) is 13.3 Å². The molecule has 0 radical (unpaired) electrons. The lowest BCUT2D eigenvalue weighted by atomic mass is 10.2. The maximum atomic E-state index is 9.52. The zero-order valence-corrected chi connectivity index (χ0v) is 11.5. The van der Waals surface area contributed by atoms with Gasteiger partial charge < -0.3 is 15.2 Å². The van der Waals surface area contributed by atoms with Crippen molar-refractivity contribution in [3.8, 4) is 17.6 Å². The summed E-state index contributed by atoms with van der Waals surface area (Å²) in [6.45, 7) is 0.464. The SMILES string of the molecule is COc1cc(CNc2cc(Cl)ncc2C#N)ccc1O. The number of nitrogens with one attached hydrogen (secondary N) is 1. The molecule has 0 aliphatic carbocycles. The van der Waals surface area contributed by atoms with E-state index in [0.717, 1.165) is 5.56 Å². The van der Waals surface area contributed by atoms with Crippen LogP contribution in [0.15, 0.2) is 30.5 Å². The average Bonchev–Trinajstić information content (AvgIpc) is 2.46. The van der Waals surface area contributed by atoms with Gasteiger partial charge in [0.25, 0.3) is 0 Å². The summed E-state index contributed by atoms with van der Waals surface area (Å²) in [6.07, 6.45) is 1.42. The predicted octanol–water partition coefficient (Wildman–Crippen LogP) is 2.93. The molecule has 2 aromatic rings. The molecule has 0 amide bonds. The van der Waals surface area contributed by atoms with Crippen LogP contribution in [-0.4, -0.2) is 17.2 Å². The van der Waals surface area contributed by atoms with Gasteiger partial charge in [-0.3, -0.25) is 0 Å². The van der Waals surface area contributed by atoms with Crippen LogP contribution in [0.5, 0.6) is 11.5 Å². The smallest absolute Gasteiger partial charge is 0.160 e. The summed E-state index contributed by atoms with van der Waals surface area (Å²) < 4.78 is 5.04. The van der Waals surface area contributed by atoms with Crippen LogP contribution < -0.4 is 10.1 Å². The molecule has 1 aromatic carbocycles. The lowest BCUT2D eigenvalue weighted by molar-refractivity contribution is 0.373. The van der Waals surface area contributed by atoms with Crippen LogP contribution in [0.3, 0.4) is 0 Å². The molecule has 102 valence electrons. The molecule has 0 saturated heterocycles. The third-order valence-corrected chi connectivity index (χ3v) is 2.92. The number of aromatic nitrogens is 1. The van der Waals surface area contributed by atoms with Crippen LogP contribution >= 0.6 is 11.6 Å². The van der Waals surface area contributed by atoms with Crippen LogP contribution in [0.4, 0.5) is 5.69 Å². The number of pyridine rings is 1. The molecule has 2 rings (SSSR count). The van der Waals surface area contributed by atoms with Gasteiger partial charge in [0, 0.05) is 12.7 Å². The van der Waals surface area contributed by atoms with Gasteiger partial charge in [0.2, 0.25) is 0 Å². The highest BCUT2D eigenvalue weighted by Crippen LogP contribution is 2.27. The number of aromatic hydroxyl groups is 1. The van der Waals surface area contributed by atoms with E-state index in [1.54, 1.807) is 24.3 Å². The molecule has 0 saturated carbocycles. The molecule has 0 aliphatic rings. The number of nitriles is 1. The van der Waals surface area contributed by atoms with Crippen molar-refractivity contribution >= 4 is 17.3 Å². The molecular weight excluding hydrogens is 278 g/mol. The highest BCUT2D eigenvalue weighted by Gasteiger charge is 2.06. The summed E-state index contributed by atoms with van der Waals surface area (Å²) in [5.74, 6) is 0.485. The Kier molecular flexibility index (Phi) is 4.28. The molecule has 0 bridgehead atoms. The molecule has 1 aromatic heterocycles. The summed E-state index contributed by atoms with van der Waals surface area (Å²) in [5, 5.41) is 21.9. The Labute approximate surface area is 121 Å². The van der Waals surface area contributed by atoms with Crippen molar-refractivity contribution in [1.29, 1.82) is 5.26 Å². The minimum atomic E-state index is 0.0842. The van der Waals surface area contributed by atoms with E-state index in [0.29, 0.717) is 28.7 Å². The average molecular weight is 290 g/mol. The van der Waals surface area contributed by atoms with E-state index in [2.05, 4.69) is 10.3 Å². The van der Waals surface area contributed by atoms with Gasteiger partial charge in [0.1, 0.15) is 11.2 Å². The van der Waals surface area contributed by atoms with Gasteiger partial charge >= 0.3 is 0 Å². The summed E-state index contributed by atoms with van der Waals surface area (Å²) in [5.41, 5.74) is 1.93. The topological polar surface area (TPSA) is 78.2 Å². The Morgan fingerprint density at radius 3 is 2.95 bits per heavy atom. The van der Waals surface area contributed by atoms with Gasteiger partial charge in [0.15, 0.2) is 11.5 Å². The second kappa shape index (κ2) is 6.13. The fraction of sp³-hybridized carbons (Fsp3) is 0.143. The Bertz CT molecular complexity index is 668. The normalized spacial score (nSPS) is 9.85. The van der Waals surface area contributed by atoms with Gasteiger partial charge in [-0.2, -0.15) is 5.26 Å².